The van der Waals surface area contributed by atoms with Crippen LogP contribution < -0.4 is 0 Å². The van der Waals surface area contributed by atoms with Crippen molar-refractivity contribution in [2.45, 2.75) is 31.8 Å². The summed E-state index contributed by atoms with van der Waals surface area (Å²) < 4.78 is 0. The van der Waals surface area contributed by atoms with Gasteiger partial charge in [0.05, 0.1) is 6.10 Å². The second kappa shape index (κ2) is 4.11. The number of aliphatic hydroxyl groups excluding tert-OH is 1. The fourth-order valence-corrected chi connectivity index (χ4v) is 3.18. The van der Waals surface area contributed by atoms with Crippen LogP contribution in [0.2, 0.25) is 0 Å². The van der Waals surface area contributed by atoms with Gasteiger partial charge >= 0.3 is 0 Å². The molecule has 0 unspecified atom stereocenters. The van der Waals surface area contributed by atoms with E-state index in [1.807, 2.05) is 0 Å². The molecule has 2 fully saturated rings. The molecule has 2 rings (SSSR count). The van der Waals surface area contributed by atoms with Crippen LogP contribution in [0.15, 0.2) is 0 Å². The van der Waals surface area contributed by atoms with Crippen molar-refractivity contribution in [3.8, 4) is 0 Å². The minimum absolute atomic E-state index is 0.000500. The van der Waals surface area contributed by atoms with E-state index in [4.69, 9.17) is 0 Å². The Bertz CT molecular complexity index is 199. The zero-order valence-electron chi connectivity index (χ0n) is 8.88. The quantitative estimate of drug-likeness (QED) is 0.764. The largest absolute Gasteiger partial charge is 0.393 e. The third kappa shape index (κ3) is 2.50. The minimum Gasteiger partial charge on any atom is -0.393 e. The normalized spacial score (nSPS) is 34.3. The maximum Gasteiger partial charge on any atom is 0.0546 e. The molecular formula is C11H20BrNO. The van der Waals surface area contributed by atoms with E-state index in [0.717, 1.165) is 24.1 Å². The van der Waals surface area contributed by atoms with E-state index in [1.165, 1.54) is 25.9 Å². The van der Waals surface area contributed by atoms with E-state index in [0.29, 0.717) is 5.41 Å². The second-order valence-corrected chi connectivity index (χ2v) is 5.88. The number of rotatable bonds is 5. The average Bonchev–Trinajstić information content (AvgIpc) is 2.83. The molecular weight excluding hydrogens is 242 g/mol. The zero-order chi connectivity index (χ0) is 10.2. The molecule has 3 heteroatoms. The van der Waals surface area contributed by atoms with Crippen LogP contribution in [-0.2, 0) is 0 Å². The van der Waals surface area contributed by atoms with Crippen molar-refractivity contribution in [2.75, 3.05) is 25.5 Å². The molecule has 0 heterocycles. The van der Waals surface area contributed by atoms with E-state index in [2.05, 4.69) is 27.9 Å². The highest BCUT2D eigenvalue weighted by Crippen LogP contribution is 2.47. The van der Waals surface area contributed by atoms with Crippen molar-refractivity contribution in [3.63, 3.8) is 0 Å². The molecule has 0 spiro atoms. The molecule has 0 aliphatic heterocycles. The fourth-order valence-electron chi connectivity index (χ4n) is 2.44. The van der Waals surface area contributed by atoms with Gasteiger partial charge in [-0.05, 0) is 44.1 Å². The van der Waals surface area contributed by atoms with Crippen LogP contribution in [0.3, 0.4) is 0 Å². The van der Waals surface area contributed by atoms with Gasteiger partial charge in [-0.2, -0.15) is 0 Å². The molecule has 0 aromatic heterocycles. The predicted molar refractivity (Wildman–Crippen MR) is 61.7 cm³/mol. The lowest BCUT2D eigenvalue weighted by atomic mass is 9.82. The summed E-state index contributed by atoms with van der Waals surface area (Å²) in [6.45, 7) is 2.40. The van der Waals surface area contributed by atoms with Crippen LogP contribution in [0, 0.1) is 11.3 Å². The summed E-state index contributed by atoms with van der Waals surface area (Å²) in [7, 11) is 2.22. The van der Waals surface area contributed by atoms with Gasteiger partial charge < -0.3 is 10.0 Å². The van der Waals surface area contributed by atoms with Crippen molar-refractivity contribution in [3.05, 3.63) is 0 Å². The lowest BCUT2D eigenvalue weighted by Gasteiger charge is -2.35. The topological polar surface area (TPSA) is 23.5 Å². The predicted octanol–water partition coefficient (Wildman–Crippen LogP) is 1.86. The van der Waals surface area contributed by atoms with Gasteiger partial charge in [-0.1, -0.05) is 15.9 Å². The molecule has 0 amide bonds. The Balaban J connectivity index is 1.66. The molecule has 0 radical (unpaired) electrons. The van der Waals surface area contributed by atoms with Gasteiger partial charge in [0.25, 0.3) is 0 Å². The monoisotopic (exact) mass is 261 g/mol. The van der Waals surface area contributed by atoms with Crippen molar-refractivity contribution < 1.29 is 5.11 Å². The van der Waals surface area contributed by atoms with E-state index >= 15 is 0 Å². The summed E-state index contributed by atoms with van der Waals surface area (Å²) in [5, 5.41) is 10.3. The Kier molecular flexibility index (Phi) is 3.20. The van der Waals surface area contributed by atoms with E-state index in [-0.39, 0.29) is 6.10 Å². The Morgan fingerprint density at radius 1 is 1.43 bits per heavy atom. The summed E-state index contributed by atoms with van der Waals surface area (Å²) in [6, 6.07) is 0. The SMILES string of the molecule is CN(CC1CC(O)C1)CC1(CBr)CC1. The Morgan fingerprint density at radius 3 is 2.50 bits per heavy atom. The number of aliphatic hydroxyl groups is 1. The average molecular weight is 262 g/mol. The Hall–Kier alpha value is 0.400. The first-order valence-corrected chi connectivity index (χ1v) is 6.68. The molecule has 2 saturated carbocycles. The third-order valence-electron chi connectivity index (χ3n) is 3.63. The van der Waals surface area contributed by atoms with Crippen LogP contribution in [0.4, 0.5) is 0 Å². The number of alkyl halides is 1. The van der Waals surface area contributed by atoms with Crippen molar-refractivity contribution in [2.24, 2.45) is 11.3 Å². The number of nitrogens with zero attached hydrogens (tertiary/aromatic N) is 1. The van der Waals surface area contributed by atoms with Crippen molar-refractivity contribution >= 4 is 15.9 Å². The molecule has 0 aromatic rings. The van der Waals surface area contributed by atoms with Crippen LogP contribution in [0.1, 0.15) is 25.7 Å². The van der Waals surface area contributed by atoms with Gasteiger partial charge in [0.1, 0.15) is 0 Å². The molecule has 2 nitrogen and oxygen atoms in total. The maximum absolute atomic E-state index is 9.20. The minimum atomic E-state index is -0.000500. The van der Waals surface area contributed by atoms with Crippen molar-refractivity contribution in [1.29, 1.82) is 0 Å². The molecule has 2 aliphatic carbocycles. The highest BCUT2D eigenvalue weighted by atomic mass is 79.9. The molecule has 0 atom stereocenters. The number of hydrogen-bond acceptors (Lipinski definition) is 2. The first-order chi connectivity index (χ1) is 6.63. The third-order valence-corrected chi connectivity index (χ3v) is 4.82. The number of hydrogen-bond donors (Lipinski definition) is 1. The molecule has 0 bridgehead atoms. The highest BCUT2D eigenvalue weighted by Gasteiger charge is 2.42. The van der Waals surface area contributed by atoms with Crippen LogP contribution in [0.25, 0.3) is 0 Å². The fraction of sp³-hybridized carbons (Fsp3) is 1.00. The Labute approximate surface area is 94.8 Å². The molecule has 14 heavy (non-hydrogen) atoms. The summed E-state index contributed by atoms with van der Waals surface area (Å²) in [5.74, 6) is 0.751. The van der Waals surface area contributed by atoms with E-state index < -0.39 is 0 Å². The van der Waals surface area contributed by atoms with Crippen molar-refractivity contribution in [1.82, 2.24) is 4.90 Å². The first-order valence-electron chi connectivity index (χ1n) is 5.56. The maximum atomic E-state index is 9.20. The van der Waals surface area contributed by atoms with Gasteiger partial charge in [0.2, 0.25) is 0 Å². The smallest absolute Gasteiger partial charge is 0.0546 e. The summed E-state index contributed by atoms with van der Waals surface area (Å²) in [4.78, 5) is 2.45. The lowest BCUT2D eigenvalue weighted by molar-refractivity contribution is 0.0263. The van der Waals surface area contributed by atoms with E-state index in [1.54, 1.807) is 0 Å². The highest BCUT2D eigenvalue weighted by molar-refractivity contribution is 9.09. The van der Waals surface area contributed by atoms with Gasteiger partial charge in [0.15, 0.2) is 0 Å². The standard InChI is InChI=1S/C11H20BrNO/c1-13(6-9-4-10(14)5-9)8-11(7-12)2-3-11/h9-10,14H,2-8H2,1H3. The lowest BCUT2D eigenvalue weighted by Crippen LogP contribution is -2.39. The molecule has 0 saturated heterocycles. The van der Waals surface area contributed by atoms with Crippen LogP contribution in [-0.4, -0.2) is 41.6 Å². The number of halogens is 1. The molecule has 1 N–H and O–H groups in total. The second-order valence-electron chi connectivity index (χ2n) is 5.32. The van der Waals surface area contributed by atoms with Crippen LogP contribution in [0.5, 0.6) is 0 Å². The van der Waals surface area contributed by atoms with Gasteiger partial charge in [-0.25, -0.2) is 0 Å². The van der Waals surface area contributed by atoms with Gasteiger partial charge in [-0.3, -0.25) is 0 Å². The summed E-state index contributed by atoms with van der Waals surface area (Å²) in [5.41, 5.74) is 0.594. The van der Waals surface area contributed by atoms with Crippen LogP contribution >= 0.6 is 15.9 Å². The Morgan fingerprint density at radius 2 is 2.07 bits per heavy atom. The molecule has 82 valence electrons. The van der Waals surface area contributed by atoms with E-state index in [9.17, 15) is 5.11 Å². The van der Waals surface area contributed by atoms with Gasteiger partial charge in [-0.15, -0.1) is 0 Å². The molecule has 2 aliphatic rings. The summed E-state index contributed by atoms with van der Waals surface area (Å²) in [6.07, 6.45) is 4.81. The molecule has 0 aromatic carbocycles. The summed E-state index contributed by atoms with van der Waals surface area (Å²) >= 11 is 3.60. The zero-order valence-corrected chi connectivity index (χ0v) is 10.5. The van der Waals surface area contributed by atoms with Gasteiger partial charge in [0, 0.05) is 18.4 Å². The first kappa shape index (κ1) is 10.9.